The highest BCUT2D eigenvalue weighted by molar-refractivity contribution is 8.16. The van der Waals surface area contributed by atoms with Gasteiger partial charge in [0.25, 0.3) is 0 Å². The van der Waals surface area contributed by atoms with E-state index in [9.17, 15) is 14.7 Å². The van der Waals surface area contributed by atoms with Crippen LogP contribution in [-0.2, 0) is 9.59 Å². The Labute approximate surface area is 180 Å². The number of carbonyl (C=O) groups excluding carboxylic acids is 1. The normalized spacial score (nSPS) is 36.7. The number of nitrogens with zero attached hydrogens (tertiary/aromatic N) is 3. The molecule has 1 atom stereocenters. The number of hydrogen-bond acceptors (Lipinski definition) is 5. The van der Waals surface area contributed by atoms with Crippen LogP contribution < -0.4 is 4.90 Å². The molecule has 4 saturated carbocycles. The minimum Gasteiger partial charge on any atom is -0.481 e. The molecule has 0 spiro atoms. The van der Waals surface area contributed by atoms with Crippen LogP contribution in [0.1, 0.15) is 51.9 Å². The van der Waals surface area contributed by atoms with Crippen molar-refractivity contribution in [3.05, 3.63) is 30.3 Å². The Kier molecular flexibility index (Phi) is 4.96. The molecule has 0 radical (unpaired) electrons. The summed E-state index contributed by atoms with van der Waals surface area (Å²) in [6, 6.07) is 9.29. The van der Waals surface area contributed by atoms with Crippen LogP contribution in [0.4, 0.5) is 5.69 Å². The van der Waals surface area contributed by atoms with Gasteiger partial charge in [-0.25, -0.2) is 0 Å². The van der Waals surface area contributed by atoms with E-state index in [1.54, 1.807) is 0 Å². The number of amides is 1. The fourth-order valence-corrected chi connectivity index (χ4v) is 7.49. The van der Waals surface area contributed by atoms with Crippen molar-refractivity contribution in [1.82, 2.24) is 0 Å². The lowest BCUT2D eigenvalue weighted by atomic mass is 9.48. The Morgan fingerprint density at radius 2 is 1.73 bits per heavy atom. The Morgan fingerprint density at radius 3 is 2.30 bits per heavy atom. The first kappa shape index (κ1) is 19.8. The number of benzene rings is 1. The van der Waals surface area contributed by atoms with Crippen molar-refractivity contribution < 1.29 is 14.7 Å². The van der Waals surface area contributed by atoms with E-state index in [-0.39, 0.29) is 17.7 Å². The maximum Gasteiger partial charge on any atom is 0.305 e. The number of carboxylic acid groups (broad SMARTS) is 1. The van der Waals surface area contributed by atoms with Gasteiger partial charge in [0.05, 0.1) is 12.1 Å². The lowest BCUT2D eigenvalue weighted by Crippen LogP contribution is -2.49. The van der Waals surface area contributed by atoms with E-state index in [4.69, 9.17) is 0 Å². The number of para-hydroxylation sites is 1. The molecule has 158 valence electrons. The van der Waals surface area contributed by atoms with Gasteiger partial charge in [0, 0.05) is 11.1 Å². The Morgan fingerprint density at radius 1 is 1.13 bits per heavy atom. The standard InChI is InChI=1S/C23H27N3O3S/c1-14(23-11-15-7-16(12-23)9-17(8-15)13-23)24-25-22-26(18-5-3-2-4-6-18)21(29)19(30-22)10-20(27)28/h2-6,15-17,19H,7-13H2,1H3,(H,27,28). The third kappa shape index (κ3) is 3.47. The fourth-order valence-electron chi connectivity index (χ4n) is 6.42. The molecule has 0 aromatic heterocycles. The number of thioether (sulfide) groups is 1. The van der Waals surface area contributed by atoms with Gasteiger partial charge in [-0.05, 0) is 75.3 Å². The van der Waals surface area contributed by atoms with Crippen LogP contribution in [0, 0.1) is 23.2 Å². The van der Waals surface area contributed by atoms with E-state index in [0.717, 1.165) is 23.5 Å². The second kappa shape index (κ2) is 7.52. The molecule has 1 N–H and O–H groups in total. The van der Waals surface area contributed by atoms with E-state index < -0.39 is 11.2 Å². The molecule has 1 unspecified atom stereocenters. The molecule has 1 heterocycles. The maximum atomic E-state index is 12.9. The largest absolute Gasteiger partial charge is 0.481 e. The number of hydrogen-bond donors (Lipinski definition) is 1. The molecule has 5 aliphatic rings. The van der Waals surface area contributed by atoms with Crippen molar-refractivity contribution in [1.29, 1.82) is 0 Å². The monoisotopic (exact) mass is 425 g/mol. The third-order valence-electron chi connectivity index (χ3n) is 7.40. The molecule has 1 amide bonds. The maximum absolute atomic E-state index is 12.9. The highest BCUT2D eigenvalue weighted by atomic mass is 32.2. The Bertz CT molecular complexity index is 892. The molecule has 1 aromatic carbocycles. The summed E-state index contributed by atoms with van der Waals surface area (Å²) in [6.07, 6.45) is 7.57. The number of rotatable bonds is 5. The molecule has 6 nitrogen and oxygen atoms in total. The van der Waals surface area contributed by atoms with Crippen LogP contribution in [0.25, 0.3) is 0 Å². The molecule has 1 aliphatic heterocycles. The molecule has 4 bridgehead atoms. The van der Waals surface area contributed by atoms with Crippen molar-refractivity contribution in [3.8, 4) is 0 Å². The molecule has 7 heteroatoms. The first-order valence-corrected chi connectivity index (χ1v) is 11.7. The van der Waals surface area contributed by atoms with E-state index in [1.165, 1.54) is 55.2 Å². The van der Waals surface area contributed by atoms with Gasteiger partial charge in [-0.3, -0.25) is 14.5 Å². The highest BCUT2D eigenvalue weighted by Crippen LogP contribution is 2.60. The summed E-state index contributed by atoms with van der Waals surface area (Å²) in [7, 11) is 0. The van der Waals surface area contributed by atoms with Gasteiger partial charge in [0.15, 0.2) is 5.17 Å². The van der Waals surface area contributed by atoms with Crippen molar-refractivity contribution in [2.24, 2.45) is 33.4 Å². The Hall–Kier alpha value is -2.15. The van der Waals surface area contributed by atoms with Gasteiger partial charge < -0.3 is 5.11 Å². The zero-order chi connectivity index (χ0) is 20.9. The van der Waals surface area contributed by atoms with Crippen LogP contribution in [0.2, 0.25) is 0 Å². The number of anilines is 1. The second-order valence-corrected chi connectivity index (χ2v) is 10.6. The van der Waals surface area contributed by atoms with Crippen molar-refractivity contribution in [2.75, 3.05) is 4.90 Å². The zero-order valence-corrected chi connectivity index (χ0v) is 18.0. The molecule has 4 aliphatic carbocycles. The van der Waals surface area contributed by atoms with E-state index >= 15 is 0 Å². The fraction of sp³-hybridized carbons (Fsp3) is 0.565. The van der Waals surface area contributed by atoms with Crippen LogP contribution in [0.3, 0.4) is 0 Å². The minimum atomic E-state index is -0.983. The summed E-state index contributed by atoms with van der Waals surface area (Å²) in [5.41, 5.74) is 1.95. The van der Waals surface area contributed by atoms with Crippen molar-refractivity contribution >= 4 is 40.2 Å². The van der Waals surface area contributed by atoms with Crippen LogP contribution in [-0.4, -0.2) is 33.1 Å². The van der Waals surface area contributed by atoms with Gasteiger partial charge >= 0.3 is 5.97 Å². The number of amidine groups is 1. The van der Waals surface area contributed by atoms with E-state index in [1.807, 2.05) is 30.3 Å². The average Bonchev–Trinajstić information content (AvgIpc) is 3.00. The first-order chi connectivity index (χ1) is 14.4. The van der Waals surface area contributed by atoms with Crippen molar-refractivity contribution in [3.63, 3.8) is 0 Å². The zero-order valence-electron chi connectivity index (χ0n) is 17.2. The number of aliphatic carboxylic acids is 1. The quantitative estimate of drug-likeness (QED) is 0.554. The molecule has 30 heavy (non-hydrogen) atoms. The molecule has 6 rings (SSSR count). The number of carboxylic acids is 1. The molecular weight excluding hydrogens is 398 g/mol. The Balaban J connectivity index is 1.45. The van der Waals surface area contributed by atoms with E-state index in [2.05, 4.69) is 17.1 Å². The lowest BCUT2D eigenvalue weighted by molar-refractivity contribution is -0.138. The molecule has 1 aromatic rings. The van der Waals surface area contributed by atoms with Crippen LogP contribution in [0.5, 0.6) is 0 Å². The summed E-state index contributed by atoms with van der Waals surface area (Å²) >= 11 is 1.21. The first-order valence-electron chi connectivity index (χ1n) is 10.8. The van der Waals surface area contributed by atoms with Crippen molar-refractivity contribution in [2.45, 2.75) is 57.1 Å². The summed E-state index contributed by atoms with van der Waals surface area (Å²) in [5.74, 6) is 1.27. The second-order valence-electron chi connectivity index (χ2n) is 9.48. The third-order valence-corrected chi connectivity index (χ3v) is 8.53. The minimum absolute atomic E-state index is 0.171. The highest BCUT2D eigenvalue weighted by Gasteiger charge is 2.52. The van der Waals surface area contributed by atoms with Gasteiger partial charge in [-0.15, -0.1) is 5.10 Å². The van der Waals surface area contributed by atoms with Gasteiger partial charge in [-0.1, -0.05) is 30.0 Å². The lowest BCUT2D eigenvalue weighted by Gasteiger charge is -2.56. The molecule has 5 fully saturated rings. The summed E-state index contributed by atoms with van der Waals surface area (Å²) in [5, 5.41) is 18.2. The smallest absolute Gasteiger partial charge is 0.305 e. The van der Waals surface area contributed by atoms with Crippen LogP contribution >= 0.6 is 11.8 Å². The predicted molar refractivity (Wildman–Crippen MR) is 119 cm³/mol. The molecule has 1 saturated heterocycles. The molecular formula is C23H27N3O3S. The topological polar surface area (TPSA) is 82.3 Å². The summed E-state index contributed by atoms with van der Waals surface area (Å²) in [4.78, 5) is 25.7. The summed E-state index contributed by atoms with van der Waals surface area (Å²) < 4.78 is 0. The van der Waals surface area contributed by atoms with Gasteiger partial charge in [0.2, 0.25) is 5.91 Å². The van der Waals surface area contributed by atoms with E-state index in [0.29, 0.717) is 10.9 Å². The average molecular weight is 426 g/mol. The summed E-state index contributed by atoms with van der Waals surface area (Å²) in [6.45, 7) is 2.10. The predicted octanol–water partition coefficient (Wildman–Crippen LogP) is 4.56. The SMILES string of the molecule is CC(=NN=C1SC(CC(=O)O)C(=O)N1c1ccccc1)C12CC3CC(CC(C3)C1)C2. The number of carbonyl (C=O) groups is 2. The van der Waals surface area contributed by atoms with Gasteiger partial charge in [-0.2, -0.15) is 5.10 Å². The van der Waals surface area contributed by atoms with Gasteiger partial charge in [0.1, 0.15) is 5.25 Å². The van der Waals surface area contributed by atoms with Crippen LogP contribution in [0.15, 0.2) is 40.5 Å².